The van der Waals surface area contributed by atoms with Crippen LogP contribution in [0.5, 0.6) is 5.75 Å². The van der Waals surface area contributed by atoms with Gasteiger partial charge in [-0.2, -0.15) is 8.42 Å². The van der Waals surface area contributed by atoms with Gasteiger partial charge >= 0.3 is 10.1 Å². The summed E-state index contributed by atoms with van der Waals surface area (Å²) in [5.74, 6) is -0.277. The first-order valence-electron chi connectivity index (χ1n) is 8.96. The fourth-order valence-corrected chi connectivity index (χ4v) is 4.87. The summed E-state index contributed by atoms with van der Waals surface area (Å²) in [6.45, 7) is 2.44. The van der Waals surface area contributed by atoms with Gasteiger partial charge in [-0.1, -0.05) is 42.5 Å². The number of hydrogen-bond acceptors (Lipinski definition) is 5. The summed E-state index contributed by atoms with van der Waals surface area (Å²) < 4.78 is 31.8. The van der Waals surface area contributed by atoms with E-state index in [4.69, 9.17) is 9.92 Å². The highest BCUT2D eigenvalue weighted by Crippen LogP contribution is 2.34. The van der Waals surface area contributed by atoms with E-state index in [0.29, 0.717) is 29.5 Å². The minimum absolute atomic E-state index is 0.117. The SMILES string of the molecule is Cc1ccc(S(=O)(=O)Oc2cccc3c2CCNC3C(N)=O)c2ccccc12. The largest absolute Gasteiger partial charge is 0.379 e. The third kappa shape index (κ3) is 3.12. The smallest absolute Gasteiger partial charge is 0.339 e. The molecule has 28 heavy (non-hydrogen) atoms. The maximum Gasteiger partial charge on any atom is 0.339 e. The zero-order valence-electron chi connectivity index (χ0n) is 15.3. The maximum atomic E-state index is 13.1. The van der Waals surface area contributed by atoms with Crippen LogP contribution in [-0.4, -0.2) is 20.9 Å². The fraction of sp³-hybridized carbons (Fsp3) is 0.190. The second kappa shape index (κ2) is 6.92. The standard InChI is InChI=1S/C21H20N2O4S/c1-13-9-10-19(16-6-3-2-5-14(13)16)28(25,26)27-18-8-4-7-17-15(18)11-12-23-20(17)21(22)24/h2-10,20,23H,11-12H2,1H3,(H2,22,24). The van der Waals surface area contributed by atoms with E-state index in [9.17, 15) is 13.2 Å². The van der Waals surface area contributed by atoms with Crippen molar-refractivity contribution < 1.29 is 17.4 Å². The second-order valence-corrected chi connectivity index (χ2v) is 8.34. The highest BCUT2D eigenvalue weighted by molar-refractivity contribution is 7.87. The Balaban J connectivity index is 1.80. The quantitative estimate of drug-likeness (QED) is 0.661. The van der Waals surface area contributed by atoms with E-state index < -0.39 is 22.1 Å². The molecule has 0 aliphatic carbocycles. The number of fused-ring (bicyclic) bond motifs is 2. The number of rotatable bonds is 4. The topological polar surface area (TPSA) is 98.5 Å². The van der Waals surface area contributed by atoms with Crippen molar-refractivity contribution in [2.24, 2.45) is 5.73 Å². The van der Waals surface area contributed by atoms with Crippen LogP contribution in [0.25, 0.3) is 10.8 Å². The lowest BCUT2D eigenvalue weighted by molar-refractivity contribution is -0.120. The molecule has 0 radical (unpaired) electrons. The molecule has 7 heteroatoms. The fourth-order valence-electron chi connectivity index (χ4n) is 3.71. The average molecular weight is 396 g/mol. The van der Waals surface area contributed by atoms with Crippen molar-refractivity contribution in [3.05, 3.63) is 71.3 Å². The number of carbonyl (C=O) groups excluding carboxylic acids is 1. The summed E-state index contributed by atoms with van der Waals surface area (Å²) >= 11 is 0. The molecule has 0 fully saturated rings. The highest BCUT2D eigenvalue weighted by atomic mass is 32.2. The van der Waals surface area contributed by atoms with Crippen molar-refractivity contribution in [2.45, 2.75) is 24.3 Å². The van der Waals surface area contributed by atoms with Crippen LogP contribution >= 0.6 is 0 Å². The molecule has 0 bridgehead atoms. The lowest BCUT2D eigenvalue weighted by Crippen LogP contribution is -2.38. The van der Waals surface area contributed by atoms with E-state index in [2.05, 4.69) is 5.32 Å². The number of benzene rings is 3. The zero-order valence-corrected chi connectivity index (χ0v) is 16.1. The van der Waals surface area contributed by atoms with Crippen LogP contribution in [0.1, 0.15) is 22.7 Å². The third-order valence-electron chi connectivity index (χ3n) is 5.06. The molecule has 1 aliphatic rings. The number of nitrogens with one attached hydrogen (secondary N) is 1. The second-order valence-electron chi connectivity index (χ2n) is 6.83. The molecule has 0 spiro atoms. The van der Waals surface area contributed by atoms with E-state index in [-0.39, 0.29) is 10.6 Å². The average Bonchev–Trinajstić information content (AvgIpc) is 2.67. The molecule has 4 rings (SSSR count). The zero-order chi connectivity index (χ0) is 19.9. The number of carbonyl (C=O) groups is 1. The Morgan fingerprint density at radius 1 is 1.07 bits per heavy atom. The van der Waals surface area contributed by atoms with E-state index in [1.807, 2.05) is 19.1 Å². The molecular formula is C21H20N2O4S. The number of hydrogen-bond donors (Lipinski definition) is 2. The van der Waals surface area contributed by atoms with E-state index >= 15 is 0 Å². The predicted octanol–water partition coefficient (Wildman–Crippen LogP) is 2.59. The molecule has 3 aromatic rings. The summed E-state index contributed by atoms with van der Waals surface area (Å²) in [7, 11) is -4.06. The number of nitrogens with two attached hydrogens (primary N) is 1. The van der Waals surface area contributed by atoms with Gasteiger partial charge in [0.05, 0.1) is 0 Å². The first-order valence-corrected chi connectivity index (χ1v) is 10.4. The van der Waals surface area contributed by atoms with Gasteiger partial charge in [-0.05, 0) is 42.0 Å². The van der Waals surface area contributed by atoms with Crippen LogP contribution in [0.15, 0.2) is 59.5 Å². The minimum atomic E-state index is -4.06. The Labute approximate surface area is 163 Å². The maximum absolute atomic E-state index is 13.1. The minimum Gasteiger partial charge on any atom is -0.379 e. The first kappa shape index (κ1) is 18.5. The molecule has 0 aromatic heterocycles. The summed E-state index contributed by atoms with van der Waals surface area (Å²) in [4.78, 5) is 11.8. The Bertz CT molecular complexity index is 1190. The molecular weight excluding hydrogens is 376 g/mol. The van der Waals surface area contributed by atoms with E-state index in [1.165, 1.54) is 0 Å². The van der Waals surface area contributed by atoms with Crippen molar-refractivity contribution in [3.63, 3.8) is 0 Å². The van der Waals surface area contributed by atoms with Gasteiger partial charge in [0.2, 0.25) is 5.91 Å². The van der Waals surface area contributed by atoms with Crippen LogP contribution in [-0.2, 0) is 21.3 Å². The Kier molecular flexibility index (Phi) is 4.56. The van der Waals surface area contributed by atoms with Crippen molar-refractivity contribution in [1.82, 2.24) is 5.32 Å². The van der Waals surface area contributed by atoms with Gasteiger partial charge in [0.25, 0.3) is 0 Å². The van der Waals surface area contributed by atoms with Gasteiger partial charge in [0, 0.05) is 17.5 Å². The Morgan fingerprint density at radius 3 is 2.57 bits per heavy atom. The Morgan fingerprint density at radius 2 is 1.82 bits per heavy atom. The monoisotopic (exact) mass is 396 g/mol. The molecule has 1 heterocycles. The summed E-state index contributed by atoms with van der Waals surface area (Å²) in [6, 6.07) is 15.0. The van der Waals surface area contributed by atoms with Crippen LogP contribution < -0.4 is 15.2 Å². The van der Waals surface area contributed by atoms with Crippen molar-refractivity contribution in [1.29, 1.82) is 0 Å². The highest BCUT2D eigenvalue weighted by Gasteiger charge is 2.28. The molecule has 0 saturated heterocycles. The number of amides is 1. The van der Waals surface area contributed by atoms with Crippen molar-refractivity contribution in [3.8, 4) is 5.75 Å². The van der Waals surface area contributed by atoms with Crippen molar-refractivity contribution in [2.75, 3.05) is 6.54 Å². The molecule has 6 nitrogen and oxygen atoms in total. The lowest BCUT2D eigenvalue weighted by Gasteiger charge is -2.26. The lowest BCUT2D eigenvalue weighted by atomic mass is 9.93. The van der Waals surface area contributed by atoms with Gasteiger partial charge in [0.1, 0.15) is 16.7 Å². The van der Waals surface area contributed by atoms with Crippen LogP contribution in [0.4, 0.5) is 0 Å². The summed E-state index contributed by atoms with van der Waals surface area (Å²) in [5, 5.41) is 4.52. The number of primary amides is 1. The van der Waals surface area contributed by atoms with Crippen LogP contribution in [0, 0.1) is 6.92 Å². The first-order chi connectivity index (χ1) is 13.4. The van der Waals surface area contributed by atoms with Gasteiger partial charge < -0.3 is 15.2 Å². The van der Waals surface area contributed by atoms with Crippen molar-refractivity contribution >= 4 is 26.8 Å². The predicted molar refractivity (Wildman–Crippen MR) is 107 cm³/mol. The molecule has 144 valence electrons. The third-order valence-corrected chi connectivity index (χ3v) is 6.35. The summed E-state index contributed by atoms with van der Waals surface area (Å²) in [6.07, 6.45) is 0.541. The molecule has 0 saturated carbocycles. The van der Waals surface area contributed by atoms with Gasteiger partial charge in [-0.15, -0.1) is 0 Å². The van der Waals surface area contributed by atoms with Gasteiger partial charge in [-0.25, -0.2) is 0 Å². The Hall–Kier alpha value is -2.90. The number of aryl methyl sites for hydroxylation is 1. The van der Waals surface area contributed by atoms with E-state index in [0.717, 1.165) is 10.9 Å². The van der Waals surface area contributed by atoms with E-state index in [1.54, 1.807) is 42.5 Å². The van der Waals surface area contributed by atoms with Gasteiger partial charge in [0.15, 0.2) is 0 Å². The van der Waals surface area contributed by atoms with Crippen LogP contribution in [0.2, 0.25) is 0 Å². The molecule has 1 aliphatic heterocycles. The molecule has 3 N–H and O–H groups in total. The molecule has 1 unspecified atom stereocenters. The molecule has 3 aromatic carbocycles. The molecule has 1 amide bonds. The van der Waals surface area contributed by atoms with Crippen LogP contribution in [0.3, 0.4) is 0 Å². The van der Waals surface area contributed by atoms with Gasteiger partial charge in [-0.3, -0.25) is 4.79 Å². The normalized spacial score (nSPS) is 16.5. The molecule has 1 atom stereocenters. The summed E-state index contributed by atoms with van der Waals surface area (Å²) in [5.41, 5.74) is 7.79.